The van der Waals surface area contributed by atoms with E-state index in [1.807, 2.05) is 0 Å². The first-order chi connectivity index (χ1) is 16.8. The fourth-order valence-corrected chi connectivity index (χ4v) is 4.28. The van der Waals surface area contributed by atoms with Gasteiger partial charge in [0.25, 0.3) is 0 Å². The van der Waals surface area contributed by atoms with Gasteiger partial charge in [-0.15, -0.1) is 0 Å². The number of hydrogen-bond donors (Lipinski definition) is 5. The van der Waals surface area contributed by atoms with Crippen LogP contribution in [0.25, 0.3) is 0 Å². The summed E-state index contributed by atoms with van der Waals surface area (Å²) in [7, 11) is 1.42. The second-order valence-corrected chi connectivity index (χ2v) is 8.20. The van der Waals surface area contributed by atoms with E-state index < -0.39 is 35.9 Å². The molecule has 3 aromatic carbocycles. The molecular formula is C25H22O10. The van der Waals surface area contributed by atoms with Crippen molar-refractivity contribution < 1.29 is 49.3 Å². The third-order valence-corrected chi connectivity index (χ3v) is 6.00. The number of phenols is 3. The molecule has 10 heteroatoms. The number of aromatic hydroxyl groups is 3. The summed E-state index contributed by atoms with van der Waals surface area (Å²) >= 11 is 0. The van der Waals surface area contributed by atoms with E-state index in [1.165, 1.54) is 25.3 Å². The SMILES string of the molecule is COc1cc([C@H]2Oc3ccc(C4Oc5cc(O)cc(O)c5C(=O)C4O)cc3O[C@@H]2CO)ccc1O. The number of benzene rings is 3. The molecule has 0 spiro atoms. The Morgan fingerprint density at radius 1 is 0.829 bits per heavy atom. The number of methoxy groups -OCH3 is 1. The first kappa shape index (κ1) is 22.6. The van der Waals surface area contributed by atoms with Crippen LogP contribution in [0.1, 0.15) is 33.7 Å². The molecule has 2 unspecified atom stereocenters. The molecule has 2 aliphatic heterocycles. The van der Waals surface area contributed by atoms with Crippen molar-refractivity contribution in [1.29, 1.82) is 0 Å². The molecule has 5 N–H and O–H groups in total. The lowest BCUT2D eigenvalue weighted by Crippen LogP contribution is -2.37. The van der Waals surface area contributed by atoms with Crippen molar-refractivity contribution in [3.8, 4) is 40.2 Å². The zero-order valence-electron chi connectivity index (χ0n) is 18.4. The lowest BCUT2D eigenvalue weighted by Gasteiger charge is -2.35. The van der Waals surface area contributed by atoms with E-state index in [2.05, 4.69) is 0 Å². The zero-order valence-corrected chi connectivity index (χ0v) is 18.4. The van der Waals surface area contributed by atoms with Crippen LogP contribution < -0.4 is 18.9 Å². The van der Waals surface area contributed by atoms with Gasteiger partial charge in [0.15, 0.2) is 47.4 Å². The van der Waals surface area contributed by atoms with Gasteiger partial charge >= 0.3 is 0 Å². The van der Waals surface area contributed by atoms with Gasteiger partial charge in [-0.05, 0) is 29.8 Å². The molecule has 0 bridgehead atoms. The number of hydrogen-bond acceptors (Lipinski definition) is 10. The van der Waals surface area contributed by atoms with Crippen molar-refractivity contribution in [2.75, 3.05) is 13.7 Å². The Balaban J connectivity index is 1.46. The molecule has 35 heavy (non-hydrogen) atoms. The van der Waals surface area contributed by atoms with E-state index in [4.69, 9.17) is 18.9 Å². The fraction of sp³-hybridized carbons (Fsp3) is 0.240. The quantitative estimate of drug-likeness (QED) is 0.374. The maximum absolute atomic E-state index is 12.7. The lowest BCUT2D eigenvalue weighted by atomic mass is 9.92. The number of Topliss-reactive ketones (excluding diaryl/α,β-unsaturated/α-hetero) is 1. The fourth-order valence-electron chi connectivity index (χ4n) is 4.28. The number of carbonyl (C=O) groups excluding carboxylic acids is 1. The summed E-state index contributed by atoms with van der Waals surface area (Å²) in [4.78, 5) is 12.7. The van der Waals surface area contributed by atoms with Crippen LogP contribution in [0.3, 0.4) is 0 Å². The minimum absolute atomic E-state index is 0.0395. The van der Waals surface area contributed by atoms with Gasteiger partial charge in [0, 0.05) is 17.7 Å². The lowest BCUT2D eigenvalue weighted by molar-refractivity contribution is -0.0130. The zero-order chi connectivity index (χ0) is 24.9. The maximum atomic E-state index is 12.7. The molecule has 4 atom stereocenters. The molecule has 5 rings (SSSR count). The summed E-state index contributed by atoms with van der Waals surface area (Å²) in [5.41, 5.74) is 0.779. The van der Waals surface area contributed by atoms with Gasteiger partial charge in [0.1, 0.15) is 22.8 Å². The molecule has 0 amide bonds. The van der Waals surface area contributed by atoms with Crippen LogP contribution in [-0.4, -0.2) is 57.2 Å². The number of fused-ring (bicyclic) bond motifs is 2. The maximum Gasteiger partial charge on any atom is 0.202 e. The first-order valence-corrected chi connectivity index (χ1v) is 10.7. The third-order valence-electron chi connectivity index (χ3n) is 6.00. The van der Waals surface area contributed by atoms with Crippen molar-refractivity contribution in [2.24, 2.45) is 0 Å². The van der Waals surface area contributed by atoms with Crippen molar-refractivity contribution in [3.05, 3.63) is 65.2 Å². The second-order valence-electron chi connectivity index (χ2n) is 8.20. The average Bonchev–Trinajstić information content (AvgIpc) is 2.85. The van der Waals surface area contributed by atoms with Gasteiger partial charge in [-0.25, -0.2) is 0 Å². The Labute approximate surface area is 199 Å². The van der Waals surface area contributed by atoms with E-state index in [1.54, 1.807) is 24.3 Å². The summed E-state index contributed by atoms with van der Waals surface area (Å²) < 4.78 is 23.0. The molecule has 0 saturated carbocycles. The van der Waals surface area contributed by atoms with Gasteiger partial charge in [0.05, 0.1) is 13.7 Å². The molecule has 2 aliphatic rings. The molecule has 0 aromatic heterocycles. The van der Waals surface area contributed by atoms with Crippen molar-refractivity contribution >= 4 is 5.78 Å². The molecule has 2 heterocycles. The number of aliphatic hydroxyl groups is 2. The monoisotopic (exact) mass is 482 g/mol. The molecule has 3 aromatic rings. The molecule has 10 nitrogen and oxygen atoms in total. The standard InChI is InChI=1S/C25H22O10/c1-32-17-6-11(2-4-14(17)28)24-20(10-26)33-18-7-12(3-5-16(18)34-24)25-23(31)22(30)21-15(29)8-13(27)9-19(21)35-25/h2-9,20,23-29,31H,10H2,1H3/t20-,23?,24-,25?/m1/s1. The van der Waals surface area contributed by atoms with Crippen LogP contribution in [0.2, 0.25) is 0 Å². The van der Waals surface area contributed by atoms with Crippen LogP contribution in [0.5, 0.6) is 40.2 Å². The van der Waals surface area contributed by atoms with Crippen LogP contribution >= 0.6 is 0 Å². The number of phenolic OH excluding ortho intramolecular Hbond substituents is 3. The highest BCUT2D eigenvalue weighted by molar-refractivity contribution is 6.05. The van der Waals surface area contributed by atoms with E-state index in [0.717, 1.165) is 6.07 Å². The molecule has 182 valence electrons. The third kappa shape index (κ3) is 3.82. The van der Waals surface area contributed by atoms with Gasteiger partial charge in [-0.3, -0.25) is 4.79 Å². The number of carbonyl (C=O) groups is 1. The van der Waals surface area contributed by atoms with E-state index in [9.17, 15) is 30.3 Å². The Kier molecular flexibility index (Phi) is 5.54. The van der Waals surface area contributed by atoms with Gasteiger partial charge in [-0.1, -0.05) is 12.1 Å². The highest BCUT2D eigenvalue weighted by Crippen LogP contribution is 2.45. The smallest absolute Gasteiger partial charge is 0.202 e. The molecular weight excluding hydrogens is 460 g/mol. The largest absolute Gasteiger partial charge is 0.508 e. The highest BCUT2D eigenvalue weighted by atomic mass is 16.6. The second kappa shape index (κ2) is 8.57. The van der Waals surface area contributed by atoms with Gasteiger partial charge in [0.2, 0.25) is 5.78 Å². The van der Waals surface area contributed by atoms with E-state index in [0.29, 0.717) is 16.9 Å². The molecule has 0 radical (unpaired) electrons. The topological polar surface area (TPSA) is 155 Å². The minimum Gasteiger partial charge on any atom is -0.508 e. The summed E-state index contributed by atoms with van der Waals surface area (Å²) in [5.74, 6) is -0.789. The summed E-state index contributed by atoms with van der Waals surface area (Å²) in [6.07, 6.45) is -4.27. The van der Waals surface area contributed by atoms with Gasteiger partial charge in [-0.2, -0.15) is 0 Å². The summed E-state index contributed by atoms with van der Waals surface area (Å²) in [6.45, 7) is -0.384. The Hall–Kier alpha value is -4.15. The van der Waals surface area contributed by atoms with Crippen LogP contribution in [0.4, 0.5) is 0 Å². The van der Waals surface area contributed by atoms with Crippen molar-refractivity contribution in [2.45, 2.75) is 24.4 Å². The first-order valence-electron chi connectivity index (χ1n) is 10.7. The van der Waals surface area contributed by atoms with E-state index >= 15 is 0 Å². The predicted molar refractivity (Wildman–Crippen MR) is 119 cm³/mol. The number of ether oxygens (including phenoxy) is 4. The van der Waals surface area contributed by atoms with Crippen LogP contribution in [-0.2, 0) is 0 Å². The highest BCUT2D eigenvalue weighted by Gasteiger charge is 2.40. The predicted octanol–water partition coefficient (Wildman–Crippen LogP) is 2.36. The molecule has 0 fully saturated rings. The van der Waals surface area contributed by atoms with E-state index in [-0.39, 0.29) is 40.9 Å². The summed E-state index contributed by atoms with van der Waals surface area (Å²) in [6, 6.07) is 11.6. The summed E-state index contributed by atoms with van der Waals surface area (Å²) in [5, 5.41) is 50.2. The number of ketones is 1. The van der Waals surface area contributed by atoms with Crippen LogP contribution in [0.15, 0.2) is 48.5 Å². The van der Waals surface area contributed by atoms with Crippen molar-refractivity contribution in [3.63, 3.8) is 0 Å². The Bertz CT molecular complexity index is 1300. The molecule has 0 aliphatic carbocycles. The van der Waals surface area contributed by atoms with Gasteiger partial charge < -0.3 is 44.5 Å². The molecule has 0 saturated heterocycles. The normalized spacial score (nSPS) is 22.8. The Morgan fingerprint density at radius 3 is 2.29 bits per heavy atom. The van der Waals surface area contributed by atoms with Crippen LogP contribution in [0, 0.1) is 0 Å². The van der Waals surface area contributed by atoms with Crippen molar-refractivity contribution in [1.82, 2.24) is 0 Å². The minimum atomic E-state index is -1.62. The number of aliphatic hydroxyl groups excluding tert-OH is 2. The Morgan fingerprint density at radius 2 is 1.54 bits per heavy atom. The number of rotatable bonds is 4. The average molecular weight is 482 g/mol.